The molecule has 0 amide bonds. The number of rotatable bonds is 6. The van der Waals surface area contributed by atoms with Crippen LogP contribution in [0.15, 0.2) is 29.2 Å². The molecule has 2 N–H and O–H groups in total. The van der Waals surface area contributed by atoms with Gasteiger partial charge in [-0.05, 0) is 43.4 Å². The second-order valence-electron chi connectivity index (χ2n) is 4.99. The Morgan fingerprint density at radius 2 is 1.89 bits per heavy atom. The largest absolute Gasteiger partial charge is 0.391 e. The standard InChI is InChI=1S/C14H22O4S/c1-4-11(9-14(16)10(2)15)12-6-5-7-13(8-12)19(3,17)18/h5-8,10-11,14-16H,4,9H2,1-3H3. The van der Waals surface area contributed by atoms with E-state index in [2.05, 4.69) is 0 Å². The Balaban J connectivity index is 2.99. The molecule has 1 aromatic rings. The van der Waals surface area contributed by atoms with E-state index in [1.165, 1.54) is 6.26 Å². The monoisotopic (exact) mass is 286 g/mol. The molecule has 3 unspecified atom stereocenters. The number of hydrogen-bond donors (Lipinski definition) is 2. The zero-order valence-electron chi connectivity index (χ0n) is 11.6. The Morgan fingerprint density at radius 3 is 2.37 bits per heavy atom. The molecule has 0 aliphatic rings. The predicted octanol–water partition coefficient (Wildman–Crippen LogP) is 1.72. The van der Waals surface area contributed by atoms with Crippen molar-refractivity contribution in [3.8, 4) is 0 Å². The van der Waals surface area contributed by atoms with Gasteiger partial charge in [-0.3, -0.25) is 0 Å². The second kappa shape index (κ2) is 6.50. The molecule has 4 nitrogen and oxygen atoms in total. The molecule has 0 radical (unpaired) electrons. The summed E-state index contributed by atoms with van der Waals surface area (Å²) >= 11 is 0. The fourth-order valence-corrected chi connectivity index (χ4v) is 2.70. The highest BCUT2D eigenvalue weighted by Crippen LogP contribution is 2.27. The minimum absolute atomic E-state index is 0.0336. The van der Waals surface area contributed by atoms with E-state index in [0.717, 1.165) is 12.0 Å². The van der Waals surface area contributed by atoms with Crippen molar-refractivity contribution >= 4 is 9.84 Å². The van der Waals surface area contributed by atoms with Crippen LogP contribution in [0.25, 0.3) is 0 Å². The second-order valence-corrected chi connectivity index (χ2v) is 7.01. The van der Waals surface area contributed by atoms with Crippen molar-refractivity contribution in [3.05, 3.63) is 29.8 Å². The van der Waals surface area contributed by atoms with Gasteiger partial charge in [-0.25, -0.2) is 8.42 Å². The van der Waals surface area contributed by atoms with Crippen molar-refractivity contribution in [2.24, 2.45) is 0 Å². The Bertz CT molecular complexity index is 508. The van der Waals surface area contributed by atoms with E-state index in [-0.39, 0.29) is 10.8 Å². The minimum atomic E-state index is -3.22. The van der Waals surface area contributed by atoms with Crippen molar-refractivity contribution in [2.45, 2.75) is 49.7 Å². The van der Waals surface area contributed by atoms with Crippen LogP contribution < -0.4 is 0 Å². The van der Waals surface area contributed by atoms with E-state index in [9.17, 15) is 18.6 Å². The minimum Gasteiger partial charge on any atom is -0.391 e. The highest BCUT2D eigenvalue weighted by molar-refractivity contribution is 7.90. The first-order valence-corrected chi connectivity index (χ1v) is 8.31. The van der Waals surface area contributed by atoms with Gasteiger partial charge in [0.15, 0.2) is 9.84 Å². The van der Waals surface area contributed by atoms with Gasteiger partial charge in [0.1, 0.15) is 0 Å². The molecule has 0 saturated carbocycles. The molecule has 19 heavy (non-hydrogen) atoms. The zero-order chi connectivity index (χ0) is 14.6. The predicted molar refractivity (Wildman–Crippen MR) is 74.9 cm³/mol. The van der Waals surface area contributed by atoms with Gasteiger partial charge in [0.2, 0.25) is 0 Å². The lowest BCUT2D eigenvalue weighted by Crippen LogP contribution is -2.24. The van der Waals surface area contributed by atoms with Crippen molar-refractivity contribution in [2.75, 3.05) is 6.26 Å². The summed E-state index contributed by atoms with van der Waals surface area (Å²) in [7, 11) is -3.22. The Labute approximate surface area is 115 Å². The van der Waals surface area contributed by atoms with Gasteiger partial charge in [0.25, 0.3) is 0 Å². The molecule has 0 fully saturated rings. The third kappa shape index (κ3) is 4.60. The highest BCUT2D eigenvalue weighted by Gasteiger charge is 2.19. The van der Waals surface area contributed by atoms with Crippen LogP contribution in [0.4, 0.5) is 0 Å². The molecular weight excluding hydrogens is 264 g/mol. The number of aliphatic hydroxyl groups excluding tert-OH is 2. The molecule has 1 aromatic carbocycles. The van der Waals surface area contributed by atoms with Crippen LogP contribution in [0.3, 0.4) is 0 Å². The molecule has 0 aromatic heterocycles. The fraction of sp³-hybridized carbons (Fsp3) is 0.571. The topological polar surface area (TPSA) is 74.6 Å². The molecule has 1 rings (SSSR count). The van der Waals surface area contributed by atoms with Crippen LogP contribution in [-0.4, -0.2) is 37.1 Å². The first-order chi connectivity index (χ1) is 8.75. The number of benzene rings is 1. The van der Waals surface area contributed by atoms with E-state index < -0.39 is 22.0 Å². The first-order valence-electron chi connectivity index (χ1n) is 6.41. The Hall–Kier alpha value is -0.910. The molecule has 0 saturated heterocycles. The molecule has 0 heterocycles. The Kier molecular flexibility index (Phi) is 5.52. The van der Waals surface area contributed by atoms with Crippen LogP contribution in [0, 0.1) is 0 Å². The molecule has 0 bridgehead atoms. The molecular formula is C14H22O4S. The molecule has 0 spiro atoms. The molecule has 108 valence electrons. The van der Waals surface area contributed by atoms with E-state index >= 15 is 0 Å². The van der Waals surface area contributed by atoms with Crippen molar-refractivity contribution < 1.29 is 18.6 Å². The van der Waals surface area contributed by atoms with Gasteiger partial charge in [-0.1, -0.05) is 19.1 Å². The molecule has 3 atom stereocenters. The van der Waals surface area contributed by atoms with Gasteiger partial charge in [0, 0.05) is 6.26 Å². The normalized spacial score (nSPS) is 16.9. The summed E-state index contributed by atoms with van der Waals surface area (Å²) in [6.07, 6.45) is 0.787. The maximum absolute atomic E-state index is 11.5. The maximum Gasteiger partial charge on any atom is 0.175 e. The summed E-state index contributed by atoms with van der Waals surface area (Å²) < 4.78 is 23.1. The van der Waals surface area contributed by atoms with Gasteiger partial charge in [-0.2, -0.15) is 0 Å². The first kappa shape index (κ1) is 16.1. The van der Waals surface area contributed by atoms with E-state index in [1.54, 1.807) is 25.1 Å². The molecule has 5 heteroatoms. The summed E-state index contributed by atoms with van der Waals surface area (Å²) in [4.78, 5) is 0.287. The van der Waals surface area contributed by atoms with E-state index in [4.69, 9.17) is 0 Å². The average Bonchev–Trinajstić information content (AvgIpc) is 2.34. The van der Waals surface area contributed by atoms with Crippen LogP contribution in [-0.2, 0) is 9.84 Å². The average molecular weight is 286 g/mol. The van der Waals surface area contributed by atoms with Gasteiger partial charge in [0.05, 0.1) is 17.1 Å². The van der Waals surface area contributed by atoms with Gasteiger partial charge in [-0.15, -0.1) is 0 Å². The lowest BCUT2D eigenvalue weighted by molar-refractivity contribution is 0.0215. The zero-order valence-corrected chi connectivity index (χ0v) is 12.4. The molecule has 0 aliphatic heterocycles. The van der Waals surface area contributed by atoms with Crippen molar-refractivity contribution in [1.29, 1.82) is 0 Å². The van der Waals surface area contributed by atoms with Crippen molar-refractivity contribution in [1.82, 2.24) is 0 Å². The number of hydrogen-bond acceptors (Lipinski definition) is 4. The van der Waals surface area contributed by atoms with Gasteiger partial charge < -0.3 is 10.2 Å². The summed E-state index contributed by atoms with van der Waals surface area (Å²) in [5.74, 6) is 0.0336. The SMILES string of the molecule is CCC(CC(O)C(C)O)c1cccc(S(C)(=O)=O)c1. The van der Waals surface area contributed by atoms with E-state index in [1.807, 2.05) is 13.0 Å². The quantitative estimate of drug-likeness (QED) is 0.835. The third-order valence-corrected chi connectivity index (χ3v) is 4.44. The lowest BCUT2D eigenvalue weighted by Gasteiger charge is -2.21. The summed E-state index contributed by atoms with van der Waals surface area (Å²) in [6, 6.07) is 6.79. The van der Waals surface area contributed by atoms with E-state index in [0.29, 0.717) is 6.42 Å². The Morgan fingerprint density at radius 1 is 1.26 bits per heavy atom. The van der Waals surface area contributed by atoms with Crippen LogP contribution in [0.1, 0.15) is 38.2 Å². The smallest absolute Gasteiger partial charge is 0.175 e. The highest BCUT2D eigenvalue weighted by atomic mass is 32.2. The van der Waals surface area contributed by atoms with Crippen LogP contribution in [0.2, 0.25) is 0 Å². The van der Waals surface area contributed by atoms with Crippen LogP contribution in [0.5, 0.6) is 0 Å². The summed E-state index contributed by atoms with van der Waals surface area (Å²) in [5, 5.41) is 19.1. The maximum atomic E-state index is 11.5. The third-order valence-electron chi connectivity index (χ3n) is 3.33. The summed E-state index contributed by atoms with van der Waals surface area (Å²) in [5.41, 5.74) is 0.880. The van der Waals surface area contributed by atoms with Crippen LogP contribution >= 0.6 is 0 Å². The summed E-state index contributed by atoms with van der Waals surface area (Å²) in [6.45, 7) is 3.52. The lowest BCUT2D eigenvalue weighted by atomic mass is 9.89. The number of aliphatic hydroxyl groups is 2. The van der Waals surface area contributed by atoms with Gasteiger partial charge >= 0.3 is 0 Å². The fourth-order valence-electron chi connectivity index (χ4n) is 2.03. The molecule has 0 aliphatic carbocycles. The van der Waals surface area contributed by atoms with Crippen molar-refractivity contribution in [3.63, 3.8) is 0 Å². The number of sulfone groups is 1.